The van der Waals surface area contributed by atoms with Crippen molar-refractivity contribution >= 4 is 11.8 Å². The van der Waals surface area contributed by atoms with Crippen molar-refractivity contribution in [3.05, 3.63) is 24.0 Å². The molecule has 0 radical (unpaired) electrons. The second-order valence-electron chi connectivity index (χ2n) is 8.11. The topological polar surface area (TPSA) is 54.3 Å². The lowest BCUT2D eigenvalue weighted by atomic mass is 9.85. The Morgan fingerprint density at radius 1 is 1.32 bits per heavy atom. The molecule has 3 rings (SSSR count). The molecule has 1 saturated carbocycles. The van der Waals surface area contributed by atoms with Crippen LogP contribution in [0.1, 0.15) is 64.6 Å². The summed E-state index contributed by atoms with van der Waals surface area (Å²) in [5.41, 5.74) is 0.935. The van der Waals surface area contributed by atoms with E-state index in [-0.39, 0.29) is 17.9 Å². The summed E-state index contributed by atoms with van der Waals surface area (Å²) in [6, 6.07) is 3.64. The van der Waals surface area contributed by atoms with E-state index in [1.54, 1.807) is 4.90 Å². The quantitative estimate of drug-likeness (QED) is 0.891. The van der Waals surface area contributed by atoms with Gasteiger partial charge in [0.1, 0.15) is 6.54 Å². The number of hydrogen-bond acceptors (Lipinski definition) is 2. The summed E-state index contributed by atoms with van der Waals surface area (Å²) >= 11 is 0. The molecular weight excluding hydrogens is 314 g/mol. The van der Waals surface area contributed by atoms with Gasteiger partial charge in [0, 0.05) is 18.8 Å². The number of fused-ring (bicyclic) bond motifs is 1. The van der Waals surface area contributed by atoms with Crippen molar-refractivity contribution in [1.82, 2.24) is 14.8 Å². The van der Waals surface area contributed by atoms with Gasteiger partial charge in [-0.15, -0.1) is 0 Å². The highest BCUT2D eigenvalue weighted by Crippen LogP contribution is 2.30. The van der Waals surface area contributed by atoms with Crippen molar-refractivity contribution in [2.45, 2.75) is 71.5 Å². The summed E-state index contributed by atoms with van der Waals surface area (Å²) in [4.78, 5) is 27.6. The molecule has 0 aromatic carbocycles. The number of nitrogens with one attached hydrogen (secondary N) is 1. The number of carbonyl (C=O) groups excluding carboxylic acids is 2. The molecule has 3 atom stereocenters. The highest BCUT2D eigenvalue weighted by Gasteiger charge is 2.38. The molecule has 138 valence electrons. The Hall–Kier alpha value is -1.78. The van der Waals surface area contributed by atoms with Crippen LogP contribution >= 0.6 is 0 Å². The molecule has 1 aromatic rings. The van der Waals surface area contributed by atoms with Gasteiger partial charge in [-0.2, -0.15) is 0 Å². The number of nitrogens with zero attached hydrogens (tertiary/aromatic N) is 2. The predicted molar refractivity (Wildman–Crippen MR) is 97.9 cm³/mol. The molecule has 0 saturated heterocycles. The van der Waals surface area contributed by atoms with E-state index < -0.39 is 6.04 Å². The average Bonchev–Trinajstić information content (AvgIpc) is 3.01. The highest BCUT2D eigenvalue weighted by atomic mass is 16.2. The van der Waals surface area contributed by atoms with Gasteiger partial charge in [-0.1, -0.05) is 33.6 Å². The second kappa shape index (κ2) is 7.63. The van der Waals surface area contributed by atoms with Crippen molar-refractivity contribution in [2.24, 2.45) is 11.8 Å². The van der Waals surface area contributed by atoms with Crippen molar-refractivity contribution in [3.8, 4) is 0 Å². The van der Waals surface area contributed by atoms with E-state index in [9.17, 15) is 9.59 Å². The zero-order valence-electron chi connectivity index (χ0n) is 15.7. The van der Waals surface area contributed by atoms with Gasteiger partial charge in [0.15, 0.2) is 6.04 Å². The van der Waals surface area contributed by atoms with Gasteiger partial charge in [-0.25, -0.2) is 0 Å². The van der Waals surface area contributed by atoms with Gasteiger partial charge < -0.3 is 14.8 Å². The Morgan fingerprint density at radius 3 is 2.80 bits per heavy atom. The lowest BCUT2D eigenvalue weighted by Gasteiger charge is -2.38. The van der Waals surface area contributed by atoms with E-state index in [4.69, 9.17) is 0 Å². The minimum Gasteiger partial charge on any atom is -0.351 e. The molecule has 2 heterocycles. The molecule has 5 nitrogen and oxygen atoms in total. The fourth-order valence-corrected chi connectivity index (χ4v) is 4.08. The molecule has 2 aliphatic rings. The van der Waals surface area contributed by atoms with Crippen LogP contribution in [0.5, 0.6) is 0 Å². The van der Waals surface area contributed by atoms with Crippen LogP contribution in [0.3, 0.4) is 0 Å². The predicted octanol–water partition coefficient (Wildman–Crippen LogP) is 3.11. The third-order valence-electron chi connectivity index (χ3n) is 5.72. The standard InChI is InChI=1S/C20H31N3O2/c1-14(2)10-12-23-18(24)13-22-11-6-9-17(22)19(23)20(25)21-16-8-5-4-7-15(16)3/h6,9,11,14-16,19H,4-5,7-8,10,12-13H2,1-3H3,(H,21,25). The van der Waals surface area contributed by atoms with E-state index in [1.807, 2.05) is 22.9 Å². The third kappa shape index (κ3) is 3.91. The average molecular weight is 345 g/mol. The Balaban J connectivity index is 1.80. The van der Waals surface area contributed by atoms with Gasteiger partial charge >= 0.3 is 0 Å². The molecule has 0 spiro atoms. The van der Waals surface area contributed by atoms with E-state index in [2.05, 4.69) is 26.1 Å². The molecule has 1 aliphatic carbocycles. The maximum Gasteiger partial charge on any atom is 0.249 e. The van der Waals surface area contributed by atoms with Crippen molar-refractivity contribution < 1.29 is 9.59 Å². The SMILES string of the molecule is CC(C)CCN1C(=O)Cn2cccc2C1C(=O)NC1CCCCC1C. The molecule has 1 fully saturated rings. The lowest BCUT2D eigenvalue weighted by Crippen LogP contribution is -2.52. The van der Waals surface area contributed by atoms with Gasteiger partial charge in [0.2, 0.25) is 11.8 Å². The monoisotopic (exact) mass is 345 g/mol. The maximum absolute atomic E-state index is 13.2. The smallest absolute Gasteiger partial charge is 0.249 e. The summed E-state index contributed by atoms with van der Waals surface area (Å²) < 4.78 is 1.92. The molecule has 5 heteroatoms. The Kier molecular flexibility index (Phi) is 5.50. The first-order valence-corrected chi connectivity index (χ1v) is 9.72. The first kappa shape index (κ1) is 18.0. The van der Waals surface area contributed by atoms with Crippen LogP contribution < -0.4 is 5.32 Å². The van der Waals surface area contributed by atoms with Crippen LogP contribution in [0.25, 0.3) is 0 Å². The van der Waals surface area contributed by atoms with Crippen LogP contribution in [-0.2, 0) is 16.1 Å². The van der Waals surface area contributed by atoms with Crippen LogP contribution in [0, 0.1) is 11.8 Å². The van der Waals surface area contributed by atoms with E-state index in [0.717, 1.165) is 18.5 Å². The van der Waals surface area contributed by atoms with Crippen molar-refractivity contribution in [1.29, 1.82) is 0 Å². The van der Waals surface area contributed by atoms with Gasteiger partial charge in [0.05, 0.1) is 5.69 Å². The molecule has 25 heavy (non-hydrogen) atoms. The normalized spacial score (nSPS) is 26.6. The zero-order valence-corrected chi connectivity index (χ0v) is 15.7. The second-order valence-corrected chi connectivity index (χ2v) is 8.11. The summed E-state index contributed by atoms with van der Waals surface area (Å²) in [6.45, 7) is 7.49. The lowest BCUT2D eigenvalue weighted by molar-refractivity contribution is -0.144. The number of carbonyl (C=O) groups is 2. The molecular formula is C20H31N3O2. The molecule has 2 amide bonds. The van der Waals surface area contributed by atoms with Crippen LogP contribution in [0.4, 0.5) is 0 Å². The maximum atomic E-state index is 13.2. The minimum absolute atomic E-state index is 0.0180. The highest BCUT2D eigenvalue weighted by molar-refractivity contribution is 5.90. The Labute approximate surface area is 150 Å². The summed E-state index contributed by atoms with van der Waals surface area (Å²) in [6.07, 6.45) is 7.44. The van der Waals surface area contributed by atoms with Crippen molar-refractivity contribution in [2.75, 3.05) is 6.54 Å². The summed E-state index contributed by atoms with van der Waals surface area (Å²) in [7, 11) is 0. The summed E-state index contributed by atoms with van der Waals surface area (Å²) in [5.74, 6) is 1.04. The van der Waals surface area contributed by atoms with Gasteiger partial charge in [-0.05, 0) is 43.2 Å². The van der Waals surface area contributed by atoms with Crippen LogP contribution in [0.2, 0.25) is 0 Å². The van der Waals surface area contributed by atoms with Crippen LogP contribution in [-0.4, -0.2) is 33.9 Å². The molecule has 1 aliphatic heterocycles. The molecule has 0 bridgehead atoms. The van der Waals surface area contributed by atoms with E-state index >= 15 is 0 Å². The fourth-order valence-electron chi connectivity index (χ4n) is 4.08. The minimum atomic E-state index is -0.496. The first-order valence-electron chi connectivity index (χ1n) is 9.72. The molecule has 3 unspecified atom stereocenters. The summed E-state index contributed by atoms with van der Waals surface area (Å²) in [5, 5.41) is 3.26. The van der Waals surface area contributed by atoms with E-state index in [1.165, 1.54) is 19.3 Å². The molecule has 1 N–H and O–H groups in total. The van der Waals surface area contributed by atoms with Gasteiger partial charge in [0.25, 0.3) is 0 Å². The Bertz CT molecular complexity index is 622. The first-order chi connectivity index (χ1) is 12.0. The van der Waals surface area contributed by atoms with E-state index in [0.29, 0.717) is 24.9 Å². The van der Waals surface area contributed by atoms with Gasteiger partial charge in [-0.3, -0.25) is 9.59 Å². The fraction of sp³-hybridized carbons (Fsp3) is 0.700. The Morgan fingerprint density at radius 2 is 2.08 bits per heavy atom. The largest absolute Gasteiger partial charge is 0.351 e. The third-order valence-corrected chi connectivity index (χ3v) is 5.72. The zero-order chi connectivity index (χ0) is 18.0. The number of amides is 2. The van der Waals surface area contributed by atoms with Crippen LogP contribution in [0.15, 0.2) is 18.3 Å². The number of rotatable bonds is 5. The molecule has 1 aromatic heterocycles. The number of hydrogen-bond donors (Lipinski definition) is 1. The number of aromatic nitrogens is 1. The van der Waals surface area contributed by atoms with Crippen molar-refractivity contribution in [3.63, 3.8) is 0 Å².